The molecule has 1 saturated carbocycles. The van der Waals surface area contributed by atoms with Gasteiger partial charge in [0.2, 0.25) is 11.8 Å². The molecule has 2 aromatic rings. The Bertz CT molecular complexity index is 1270. The number of benzene rings is 2. The molecule has 2 fully saturated rings. The van der Waals surface area contributed by atoms with Crippen molar-refractivity contribution in [1.29, 1.82) is 0 Å². The van der Waals surface area contributed by atoms with E-state index in [0.717, 1.165) is 37.7 Å². The number of aliphatic hydroxyl groups excluding tert-OH is 1. The van der Waals surface area contributed by atoms with Crippen molar-refractivity contribution in [2.24, 2.45) is 11.8 Å². The molecule has 1 unspecified atom stereocenters. The molecule has 1 saturated heterocycles. The molecule has 0 aromatic heterocycles. The van der Waals surface area contributed by atoms with E-state index < -0.39 is 35.6 Å². The van der Waals surface area contributed by atoms with Gasteiger partial charge >= 0.3 is 6.09 Å². The lowest BCUT2D eigenvalue weighted by Crippen LogP contribution is -2.52. The number of alkyl carbamates (subject to hydrolysis) is 1. The molecule has 43 heavy (non-hydrogen) atoms. The summed E-state index contributed by atoms with van der Waals surface area (Å²) >= 11 is 12.9. The maximum atomic E-state index is 13.6. The molecule has 4 rings (SSSR count). The molecule has 234 valence electrons. The van der Waals surface area contributed by atoms with Crippen LogP contribution in [0.15, 0.2) is 48.5 Å². The number of nitrogens with one attached hydrogen (secondary N) is 3. The minimum absolute atomic E-state index is 0.0684. The number of aliphatic hydroxyl groups is 1. The molecule has 8 nitrogen and oxygen atoms in total. The molecule has 1 heterocycles. The van der Waals surface area contributed by atoms with E-state index in [1.54, 1.807) is 12.1 Å². The molecule has 3 amide bonds. The van der Waals surface area contributed by atoms with E-state index in [2.05, 4.69) is 16.0 Å². The van der Waals surface area contributed by atoms with Crippen LogP contribution in [0.3, 0.4) is 0 Å². The normalized spacial score (nSPS) is 19.7. The first kappa shape index (κ1) is 33.1. The Balaban J connectivity index is 1.54. The molecular weight excluding hydrogens is 589 g/mol. The molecule has 0 radical (unpaired) electrons. The molecule has 2 aromatic carbocycles. The second-order valence-electron chi connectivity index (χ2n) is 12.4. The summed E-state index contributed by atoms with van der Waals surface area (Å²) in [4.78, 5) is 39.3. The fourth-order valence-corrected chi connectivity index (χ4v) is 6.72. The van der Waals surface area contributed by atoms with Gasteiger partial charge in [0.1, 0.15) is 12.1 Å². The first-order valence-electron chi connectivity index (χ1n) is 15.2. The molecule has 4 atom stereocenters. The highest BCUT2D eigenvalue weighted by molar-refractivity contribution is 6.31. The van der Waals surface area contributed by atoms with E-state index in [1.807, 2.05) is 50.2 Å². The average Bonchev–Trinajstić information content (AvgIpc) is 3.39. The van der Waals surface area contributed by atoms with Crippen molar-refractivity contribution in [3.8, 4) is 0 Å². The van der Waals surface area contributed by atoms with E-state index >= 15 is 0 Å². The van der Waals surface area contributed by atoms with Gasteiger partial charge in [-0.2, -0.15) is 0 Å². The predicted octanol–water partition coefficient (Wildman–Crippen LogP) is 6.08. The van der Waals surface area contributed by atoms with Crippen molar-refractivity contribution in [1.82, 2.24) is 16.0 Å². The van der Waals surface area contributed by atoms with Gasteiger partial charge in [0.25, 0.3) is 0 Å². The van der Waals surface area contributed by atoms with Crippen LogP contribution in [0.25, 0.3) is 0 Å². The maximum absolute atomic E-state index is 13.6. The Morgan fingerprint density at radius 1 is 1.02 bits per heavy atom. The smallest absolute Gasteiger partial charge is 0.408 e. The summed E-state index contributed by atoms with van der Waals surface area (Å²) in [5.41, 5.74) is 0.752. The largest absolute Gasteiger partial charge is 0.440 e. The van der Waals surface area contributed by atoms with Crippen molar-refractivity contribution >= 4 is 41.1 Å². The van der Waals surface area contributed by atoms with E-state index in [0.29, 0.717) is 41.4 Å². The van der Waals surface area contributed by atoms with Crippen molar-refractivity contribution in [2.75, 3.05) is 13.2 Å². The molecule has 0 bridgehead atoms. The van der Waals surface area contributed by atoms with Gasteiger partial charge in [0.05, 0.1) is 12.6 Å². The topological polar surface area (TPSA) is 117 Å². The summed E-state index contributed by atoms with van der Waals surface area (Å²) in [7, 11) is 0. The lowest BCUT2D eigenvalue weighted by atomic mass is 9.76. The maximum Gasteiger partial charge on any atom is 0.408 e. The third-order valence-electron chi connectivity index (χ3n) is 8.84. The Kier molecular flexibility index (Phi) is 11.7. The number of carbonyl (C=O) groups is 3. The molecule has 1 aliphatic heterocycles. The second kappa shape index (κ2) is 15.3. The summed E-state index contributed by atoms with van der Waals surface area (Å²) in [5.74, 6) is -0.456. The molecule has 2 aliphatic rings. The van der Waals surface area contributed by atoms with Crippen molar-refractivity contribution in [2.45, 2.75) is 88.8 Å². The average molecular weight is 633 g/mol. The number of hydrogen-bond acceptors (Lipinski definition) is 5. The fraction of sp³-hybridized carbons (Fsp3) is 0.545. The number of hydrogen-bond donors (Lipinski definition) is 4. The summed E-state index contributed by atoms with van der Waals surface area (Å²) < 4.78 is 6.14. The molecule has 0 spiro atoms. The highest BCUT2D eigenvalue weighted by Gasteiger charge is 2.38. The second-order valence-corrected chi connectivity index (χ2v) is 13.2. The standard InChI is InChI=1S/C33H43Cl2N3O5/c1-33(2,23-11-8-12-24(34)19-23)29(26-13-6-7-14-27(26)35)43-32(42)38-28(17-21-9-4-3-5-10-21)31(41)37-25(20-39)18-22-15-16-36-30(22)40/h6-8,11-14,19,21-22,25,28-29,39H,3-5,9-10,15-18,20H2,1-2H3,(H,36,40)(H,37,41)(H,38,42)/t22-,25-,28-,29?/m0/s1. The number of carbonyl (C=O) groups excluding carboxylic acids is 3. The quantitative estimate of drug-likeness (QED) is 0.226. The number of amides is 3. The summed E-state index contributed by atoms with van der Waals surface area (Å²) in [6.45, 7) is 4.19. The van der Waals surface area contributed by atoms with Crippen LogP contribution >= 0.6 is 23.2 Å². The van der Waals surface area contributed by atoms with Crippen LogP contribution in [0.2, 0.25) is 10.0 Å². The summed E-state index contributed by atoms with van der Waals surface area (Å²) in [5, 5.41) is 19.6. The van der Waals surface area contributed by atoms with Crippen molar-refractivity contribution in [3.05, 3.63) is 69.7 Å². The molecule has 1 aliphatic carbocycles. The minimum Gasteiger partial charge on any atom is -0.440 e. The van der Waals surface area contributed by atoms with Crippen LogP contribution in [0, 0.1) is 11.8 Å². The first-order valence-corrected chi connectivity index (χ1v) is 16.0. The van der Waals surface area contributed by atoms with Crippen LogP contribution in [0.4, 0.5) is 4.79 Å². The zero-order chi connectivity index (χ0) is 31.0. The van der Waals surface area contributed by atoms with Crippen molar-refractivity contribution < 1.29 is 24.2 Å². The van der Waals surface area contributed by atoms with Gasteiger partial charge in [-0.1, -0.05) is 99.5 Å². The molecule has 10 heteroatoms. The summed E-state index contributed by atoms with van der Waals surface area (Å²) in [6, 6.07) is 13.1. The van der Waals surface area contributed by atoms with Crippen LogP contribution in [-0.2, 0) is 19.7 Å². The lowest BCUT2D eigenvalue weighted by molar-refractivity contribution is -0.126. The zero-order valence-corrected chi connectivity index (χ0v) is 26.4. The molecular formula is C33H43Cl2N3O5. The monoisotopic (exact) mass is 631 g/mol. The van der Waals surface area contributed by atoms with Crippen LogP contribution in [-0.4, -0.2) is 48.2 Å². The lowest BCUT2D eigenvalue weighted by Gasteiger charge is -2.36. The fourth-order valence-electron chi connectivity index (χ4n) is 6.29. The summed E-state index contributed by atoms with van der Waals surface area (Å²) in [6.07, 6.45) is 5.20. The van der Waals surface area contributed by atoms with Gasteiger partial charge in [-0.3, -0.25) is 9.59 Å². The van der Waals surface area contributed by atoms with Gasteiger partial charge in [0, 0.05) is 33.5 Å². The van der Waals surface area contributed by atoms with Crippen LogP contribution < -0.4 is 16.0 Å². The van der Waals surface area contributed by atoms with Gasteiger partial charge < -0.3 is 25.8 Å². The number of halogens is 2. The third kappa shape index (κ3) is 8.87. The molecule has 4 N–H and O–H groups in total. The predicted molar refractivity (Wildman–Crippen MR) is 168 cm³/mol. The number of rotatable bonds is 12. The van der Waals surface area contributed by atoms with E-state index in [-0.39, 0.29) is 24.3 Å². The Morgan fingerprint density at radius 3 is 2.42 bits per heavy atom. The van der Waals surface area contributed by atoms with Gasteiger partial charge in [-0.25, -0.2) is 4.79 Å². The Morgan fingerprint density at radius 2 is 1.77 bits per heavy atom. The zero-order valence-electron chi connectivity index (χ0n) is 24.9. The van der Waals surface area contributed by atoms with E-state index in [4.69, 9.17) is 27.9 Å². The van der Waals surface area contributed by atoms with E-state index in [1.165, 1.54) is 0 Å². The van der Waals surface area contributed by atoms with E-state index in [9.17, 15) is 19.5 Å². The minimum atomic E-state index is -0.872. The Labute approximate surface area is 264 Å². The number of ether oxygens (including phenoxy) is 1. The van der Waals surface area contributed by atoms with Gasteiger partial charge in [0.15, 0.2) is 0 Å². The highest BCUT2D eigenvalue weighted by Crippen LogP contribution is 2.42. The first-order chi connectivity index (χ1) is 20.6. The van der Waals surface area contributed by atoms with Crippen LogP contribution in [0.5, 0.6) is 0 Å². The van der Waals surface area contributed by atoms with Crippen LogP contribution in [0.1, 0.15) is 82.4 Å². The van der Waals surface area contributed by atoms with Crippen molar-refractivity contribution in [3.63, 3.8) is 0 Å². The Hall–Kier alpha value is -2.81. The SMILES string of the molecule is CC(C)(c1cccc(Cl)c1)C(OC(=O)N[C@@H](CC1CCCCC1)C(=O)N[C@H](CO)C[C@@H]1CCNC1=O)c1ccccc1Cl. The highest BCUT2D eigenvalue weighted by atomic mass is 35.5. The third-order valence-corrected chi connectivity index (χ3v) is 9.42. The van der Waals surface area contributed by atoms with Gasteiger partial charge in [-0.15, -0.1) is 0 Å². The van der Waals surface area contributed by atoms with Gasteiger partial charge in [-0.05, 0) is 48.9 Å².